The topological polar surface area (TPSA) is 98.3 Å². The van der Waals surface area contributed by atoms with Crippen LogP contribution in [0.3, 0.4) is 0 Å². The van der Waals surface area contributed by atoms with Crippen LogP contribution in [0.25, 0.3) is 0 Å². The van der Waals surface area contributed by atoms with Crippen LogP contribution in [-0.2, 0) is 0 Å². The number of rotatable bonds is 4. The lowest BCUT2D eigenvalue weighted by molar-refractivity contribution is 0.103. The van der Waals surface area contributed by atoms with Crippen LogP contribution in [0.1, 0.15) is 21.5 Å². The molecule has 0 bridgehead atoms. The molecule has 124 valence electrons. The Bertz CT molecular complexity index is 1050. The lowest BCUT2D eigenvalue weighted by atomic mass is 10.0. The second-order valence-electron chi connectivity index (χ2n) is 5.17. The highest BCUT2D eigenvalue weighted by molar-refractivity contribution is 7.71. The van der Waals surface area contributed by atoms with E-state index in [1.54, 1.807) is 48.5 Å². The van der Waals surface area contributed by atoms with Crippen molar-refractivity contribution < 1.29 is 9.90 Å². The van der Waals surface area contributed by atoms with E-state index in [-0.39, 0.29) is 22.0 Å². The van der Waals surface area contributed by atoms with Gasteiger partial charge in [-0.05, 0) is 36.5 Å². The van der Waals surface area contributed by atoms with Crippen molar-refractivity contribution in [3.05, 3.63) is 86.4 Å². The molecule has 7 heteroatoms. The molecule has 1 aromatic heterocycles. The van der Waals surface area contributed by atoms with E-state index in [9.17, 15) is 14.7 Å². The summed E-state index contributed by atoms with van der Waals surface area (Å²) in [7, 11) is 0. The summed E-state index contributed by atoms with van der Waals surface area (Å²) in [6.45, 7) is 0. The number of ketones is 1. The van der Waals surface area contributed by atoms with Crippen LogP contribution in [0.4, 0.5) is 5.69 Å². The van der Waals surface area contributed by atoms with E-state index in [1.165, 1.54) is 6.21 Å². The number of aliphatic imine (C=N–C) groups is 1. The Morgan fingerprint density at radius 2 is 1.64 bits per heavy atom. The number of hydrogen-bond donors (Lipinski definition) is 3. The molecule has 0 fully saturated rings. The molecule has 25 heavy (non-hydrogen) atoms. The maximum atomic E-state index is 12.3. The van der Waals surface area contributed by atoms with Gasteiger partial charge < -0.3 is 10.1 Å². The van der Waals surface area contributed by atoms with E-state index in [4.69, 9.17) is 12.2 Å². The Kier molecular flexibility index (Phi) is 4.67. The third-order valence-electron chi connectivity index (χ3n) is 3.47. The van der Waals surface area contributed by atoms with E-state index in [0.29, 0.717) is 16.8 Å². The third kappa shape index (κ3) is 3.78. The summed E-state index contributed by atoms with van der Waals surface area (Å²) in [4.78, 5) is 33.0. The van der Waals surface area contributed by atoms with Gasteiger partial charge in [-0.2, -0.15) is 0 Å². The second-order valence-corrected chi connectivity index (χ2v) is 5.58. The van der Waals surface area contributed by atoms with Crippen molar-refractivity contribution in [1.29, 1.82) is 0 Å². The number of nitrogens with zero attached hydrogens (tertiary/aromatic N) is 1. The van der Waals surface area contributed by atoms with Crippen LogP contribution >= 0.6 is 12.2 Å². The maximum Gasteiger partial charge on any atom is 0.264 e. The molecular formula is C18H13N3O3S. The maximum absolute atomic E-state index is 12.3. The van der Waals surface area contributed by atoms with Crippen molar-refractivity contribution in [1.82, 2.24) is 9.97 Å². The van der Waals surface area contributed by atoms with Gasteiger partial charge in [0.2, 0.25) is 5.88 Å². The first-order valence-corrected chi connectivity index (χ1v) is 7.75. The minimum absolute atomic E-state index is 0.0296. The summed E-state index contributed by atoms with van der Waals surface area (Å²) >= 11 is 4.76. The number of aromatic nitrogens is 2. The van der Waals surface area contributed by atoms with Gasteiger partial charge in [-0.3, -0.25) is 19.6 Å². The smallest absolute Gasteiger partial charge is 0.264 e. The number of hydrogen-bond acceptors (Lipinski definition) is 5. The zero-order valence-electron chi connectivity index (χ0n) is 12.9. The highest BCUT2D eigenvalue weighted by Gasteiger charge is 2.08. The number of carbonyl (C=O) groups excluding carboxylic acids is 1. The Morgan fingerprint density at radius 3 is 2.28 bits per heavy atom. The van der Waals surface area contributed by atoms with Crippen molar-refractivity contribution >= 4 is 29.9 Å². The summed E-state index contributed by atoms with van der Waals surface area (Å²) in [5, 5.41) is 9.72. The molecule has 0 aliphatic carbocycles. The summed E-state index contributed by atoms with van der Waals surface area (Å²) < 4.78 is 0.0310. The molecule has 0 aliphatic heterocycles. The van der Waals surface area contributed by atoms with E-state index < -0.39 is 5.56 Å². The lowest BCUT2D eigenvalue weighted by Gasteiger charge is -2.02. The van der Waals surface area contributed by atoms with Crippen molar-refractivity contribution in [2.24, 2.45) is 4.99 Å². The Hall–Kier alpha value is -3.32. The van der Waals surface area contributed by atoms with Gasteiger partial charge in [0.15, 0.2) is 10.6 Å². The van der Waals surface area contributed by atoms with Gasteiger partial charge in [0.25, 0.3) is 5.56 Å². The quantitative estimate of drug-likeness (QED) is 0.382. The van der Waals surface area contributed by atoms with Gasteiger partial charge >= 0.3 is 0 Å². The normalized spacial score (nSPS) is 10.9. The number of aromatic hydroxyl groups is 1. The van der Waals surface area contributed by atoms with Crippen molar-refractivity contribution in [3.8, 4) is 5.88 Å². The largest absolute Gasteiger partial charge is 0.494 e. The number of nitrogens with one attached hydrogen (secondary N) is 2. The van der Waals surface area contributed by atoms with Gasteiger partial charge in [-0.1, -0.05) is 30.3 Å². The fraction of sp³-hybridized carbons (Fsp3) is 0. The summed E-state index contributed by atoms with van der Waals surface area (Å²) in [5.74, 6) is -0.436. The van der Waals surface area contributed by atoms with E-state index in [0.717, 1.165) is 0 Å². The fourth-order valence-electron chi connectivity index (χ4n) is 2.20. The van der Waals surface area contributed by atoms with Gasteiger partial charge in [-0.25, -0.2) is 0 Å². The first-order chi connectivity index (χ1) is 12.0. The summed E-state index contributed by atoms with van der Waals surface area (Å²) in [5.41, 5.74) is 1.11. The highest BCUT2D eigenvalue weighted by Crippen LogP contribution is 2.16. The molecular weight excluding hydrogens is 338 g/mol. The standard InChI is InChI=1S/C18H13N3O3S/c22-15(11-4-2-1-3-5-11)12-6-8-13(9-7-12)19-10-14-16(23)20-18(25)21-17(14)24/h1-10H,(H3,20,21,23,24,25). The average molecular weight is 351 g/mol. The van der Waals surface area contributed by atoms with E-state index in [1.807, 2.05) is 6.07 Å². The molecule has 0 aliphatic rings. The molecule has 2 aromatic carbocycles. The first-order valence-electron chi connectivity index (χ1n) is 7.34. The summed E-state index contributed by atoms with van der Waals surface area (Å²) in [6, 6.07) is 15.6. The molecule has 0 saturated heterocycles. The van der Waals surface area contributed by atoms with Crippen molar-refractivity contribution in [2.45, 2.75) is 0 Å². The zero-order valence-corrected chi connectivity index (χ0v) is 13.7. The van der Waals surface area contributed by atoms with Gasteiger partial charge in [0.1, 0.15) is 5.56 Å². The van der Waals surface area contributed by atoms with Gasteiger partial charge in [-0.15, -0.1) is 0 Å². The number of benzene rings is 2. The molecule has 0 spiro atoms. The third-order valence-corrected chi connectivity index (χ3v) is 3.67. The van der Waals surface area contributed by atoms with E-state index in [2.05, 4.69) is 15.0 Å². The molecule has 0 unspecified atom stereocenters. The molecule has 0 radical (unpaired) electrons. The minimum atomic E-state index is -0.541. The number of carbonyl (C=O) groups is 1. The van der Waals surface area contributed by atoms with Crippen LogP contribution < -0.4 is 5.56 Å². The predicted octanol–water partition coefficient (Wildman–Crippen LogP) is 3.12. The monoisotopic (exact) mass is 351 g/mol. The Morgan fingerprint density at radius 1 is 1.00 bits per heavy atom. The van der Waals surface area contributed by atoms with Crippen LogP contribution in [0.5, 0.6) is 5.88 Å². The van der Waals surface area contributed by atoms with Gasteiger partial charge in [0, 0.05) is 17.3 Å². The van der Waals surface area contributed by atoms with Crippen molar-refractivity contribution in [3.63, 3.8) is 0 Å². The average Bonchev–Trinajstić information content (AvgIpc) is 2.61. The van der Waals surface area contributed by atoms with Crippen LogP contribution in [0, 0.1) is 4.77 Å². The molecule has 3 N–H and O–H groups in total. The molecule has 3 aromatic rings. The second kappa shape index (κ2) is 7.06. The number of H-pyrrole nitrogens is 2. The van der Waals surface area contributed by atoms with Crippen LogP contribution in [0.2, 0.25) is 0 Å². The SMILES string of the molecule is O=C(c1ccccc1)c1ccc(N=Cc2c(O)[nH]c(=S)[nH]c2=O)cc1. The molecule has 0 saturated carbocycles. The van der Waals surface area contributed by atoms with Crippen LogP contribution in [-0.4, -0.2) is 27.1 Å². The lowest BCUT2D eigenvalue weighted by Crippen LogP contribution is -2.13. The van der Waals surface area contributed by atoms with Gasteiger partial charge in [0.05, 0.1) is 5.69 Å². The molecule has 6 nitrogen and oxygen atoms in total. The number of aromatic amines is 2. The molecule has 0 atom stereocenters. The zero-order chi connectivity index (χ0) is 17.8. The minimum Gasteiger partial charge on any atom is -0.494 e. The van der Waals surface area contributed by atoms with E-state index >= 15 is 0 Å². The highest BCUT2D eigenvalue weighted by atomic mass is 32.1. The molecule has 3 rings (SSSR count). The molecule has 1 heterocycles. The molecule has 0 amide bonds. The first kappa shape index (κ1) is 16.5. The predicted molar refractivity (Wildman–Crippen MR) is 97.5 cm³/mol. The Labute approximate surface area is 147 Å². The Balaban J connectivity index is 1.83. The van der Waals surface area contributed by atoms with Crippen molar-refractivity contribution in [2.75, 3.05) is 0 Å². The fourth-order valence-corrected chi connectivity index (χ4v) is 2.39. The van der Waals surface area contributed by atoms with Crippen LogP contribution in [0.15, 0.2) is 64.4 Å². The summed E-state index contributed by atoms with van der Waals surface area (Å²) in [6.07, 6.45) is 1.23.